The van der Waals surface area contributed by atoms with Gasteiger partial charge in [0.25, 0.3) is 0 Å². The Morgan fingerprint density at radius 2 is 2.11 bits per heavy atom. The Balaban J connectivity index is 1.68. The summed E-state index contributed by atoms with van der Waals surface area (Å²) in [4.78, 5) is 13.9. The van der Waals surface area contributed by atoms with Crippen molar-refractivity contribution < 1.29 is 9.90 Å². The van der Waals surface area contributed by atoms with E-state index in [-0.39, 0.29) is 5.91 Å². The maximum absolute atomic E-state index is 12.0. The lowest BCUT2D eigenvalue weighted by Crippen LogP contribution is -2.39. The van der Waals surface area contributed by atoms with Gasteiger partial charge in [-0.25, -0.2) is 0 Å². The smallest absolute Gasteiger partial charge is 0.236 e. The van der Waals surface area contributed by atoms with Gasteiger partial charge in [-0.1, -0.05) is 12.8 Å². The van der Waals surface area contributed by atoms with E-state index in [1.165, 1.54) is 12.8 Å². The highest BCUT2D eigenvalue weighted by atomic mass is 32.1. The van der Waals surface area contributed by atoms with Gasteiger partial charge in [0.2, 0.25) is 5.91 Å². The molecule has 1 aliphatic rings. The lowest BCUT2D eigenvalue weighted by Gasteiger charge is -2.21. The number of hydrogen-bond donors (Lipinski definition) is 2. The molecule has 106 valence electrons. The Morgan fingerprint density at radius 3 is 2.74 bits per heavy atom. The SMILES string of the molecule is O=C(CNCC(O)c1ccsc1)N1CCCCCC1. The van der Waals surface area contributed by atoms with Crippen LogP contribution in [-0.4, -0.2) is 42.1 Å². The fraction of sp³-hybridized carbons (Fsp3) is 0.643. The molecule has 2 N–H and O–H groups in total. The zero-order valence-corrected chi connectivity index (χ0v) is 12.0. The summed E-state index contributed by atoms with van der Waals surface area (Å²) in [6.45, 7) is 2.51. The zero-order chi connectivity index (χ0) is 13.5. The third-order valence-electron chi connectivity index (χ3n) is 3.50. The van der Waals surface area contributed by atoms with Crippen molar-refractivity contribution in [2.24, 2.45) is 0 Å². The monoisotopic (exact) mass is 282 g/mol. The van der Waals surface area contributed by atoms with Crippen molar-refractivity contribution in [3.63, 3.8) is 0 Å². The Hall–Kier alpha value is -0.910. The molecule has 1 unspecified atom stereocenters. The van der Waals surface area contributed by atoms with Crippen molar-refractivity contribution >= 4 is 17.2 Å². The highest BCUT2D eigenvalue weighted by Crippen LogP contribution is 2.15. The van der Waals surface area contributed by atoms with Crippen LogP contribution < -0.4 is 5.32 Å². The van der Waals surface area contributed by atoms with E-state index in [2.05, 4.69) is 5.32 Å². The van der Waals surface area contributed by atoms with Gasteiger partial charge in [-0.2, -0.15) is 11.3 Å². The van der Waals surface area contributed by atoms with E-state index < -0.39 is 6.10 Å². The number of aliphatic hydroxyl groups excluding tert-OH is 1. The number of rotatable bonds is 5. The van der Waals surface area contributed by atoms with Crippen LogP contribution >= 0.6 is 11.3 Å². The average molecular weight is 282 g/mol. The maximum atomic E-state index is 12.0. The van der Waals surface area contributed by atoms with Crippen molar-refractivity contribution in [2.75, 3.05) is 26.2 Å². The lowest BCUT2D eigenvalue weighted by atomic mass is 10.2. The van der Waals surface area contributed by atoms with Gasteiger partial charge in [-0.15, -0.1) is 0 Å². The highest BCUT2D eigenvalue weighted by Gasteiger charge is 2.15. The fourth-order valence-corrected chi connectivity index (χ4v) is 3.04. The van der Waals surface area contributed by atoms with Crippen LogP contribution in [0.5, 0.6) is 0 Å². The van der Waals surface area contributed by atoms with E-state index >= 15 is 0 Å². The Kier molecular flexibility index (Phi) is 5.82. The molecule has 2 rings (SSSR count). The molecule has 0 aliphatic carbocycles. The molecule has 1 fully saturated rings. The standard InChI is InChI=1S/C14H22N2O2S/c17-13(12-5-8-19-11-12)9-15-10-14(18)16-6-3-1-2-4-7-16/h5,8,11,13,15,17H,1-4,6-7,9-10H2. The Morgan fingerprint density at radius 1 is 1.37 bits per heavy atom. The molecule has 1 amide bonds. The van der Waals surface area contributed by atoms with Gasteiger partial charge in [0.1, 0.15) is 0 Å². The summed E-state index contributed by atoms with van der Waals surface area (Å²) in [5, 5.41) is 16.8. The van der Waals surface area contributed by atoms with E-state index in [4.69, 9.17) is 0 Å². The molecule has 0 spiro atoms. The number of nitrogens with one attached hydrogen (secondary N) is 1. The van der Waals surface area contributed by atoms with Crippen LogP contribution in [0.4, 0.5) is 0 Å². The molecule has 5 heteroatoms. The van der Waals surface area contributed by atoms with Crippen molar-refractivity contribution in [3.05, 3.63) is 22.4 Å². The number of thiophene rings is 1. The summed E-state index contributed by atoms with van der Waals surface area (Å²) in [5.74, 6) is 0.152. The molecular weight excluding hydrogens is 260 g/mol. The first-order valence-electron chi connectivity index (χ1n) is 6.96. The summed E-state index contributed by atoms with van der Waals surface area (Å²) in [5.41, 5.74) is 0.916. The van der Waals surface area contributed by atoms with E-state index in [1.54, 1.807) is 11.3 Å². The predicted octanol–water partition coefficient (Wildman–Crippen LogP) is 1.77. The number of amides is 1. The predicted molar refractivity (Wildman–Crippen MR) is 77.2 cm³/mol. The Labute approximate surface area is 118 Å². The van der Waals surface area contributed by atoms with Crippen molar-refractivity contribution in [1.29, 1.82) is 0 Å². The van der Waals surface area contributed by atoms with Crippen LogP contribution in [-0.2, 0) is 4.79 Å². The number of likely N-dealkylation sites (tertiary alicyclic amines) is 1. The molecule has 0 bridgehead atoms. The fourth-order valence-electron chi connectivity index (χ4n) is 2.33. The van der Waals surface area contributed by atoms with Crippen LogP contribution in [0.25, 0.3) is 0 Å². The first-order chi connectivity index (χ1) is 9.27. The molecule has 0 aromatic carbocycles. The normalized spacial score (nSPS) is 18.1. The lowest BCUT2D eigenvalue weighted by molar-refractivity contribution is -0.130. The van der Waals surface area contributed by atoms with Gasteiger partial charge in [-0.05, 0) is 35.2 Å². The molecule has 1 aromatic rings. The van der Waals surface area contributed by atoms with Gasteiger partial charge >= 0.3 is 0 Å². The Bertz CT molecular complexity index is 373. The second-order valence-electron chi connectivity index (χ2n) is 5.00. The molecule has 2 heterocycles. The topological polar surface area (TPSA) is 52.6 Å². The van der Waals surface area contributed by atoms with Gasteiger partial charge in [0.05, 0.1) is 12.6 Å². The van der Waals surface area contributed by atoms with Crippen LogP contribution in [0, 0.1) is 0 Å². The molecule has 4 nitrogen and oxygen atoms in total. The summed E-state index contributed by atoms with van der Waals surface area (Å²) in [6, 6.07) is 1.91. The molecule has 1 aliphatic heterocycles. The number of hydrogen-bond acceptors (Lipinski definition) is 4. The summed E-state index contributed by atoms with van der Waals surface area (Å²) in [6.07, 6.45) is 4.16. The molecular formula is C14H22N2O2S. The number of carbonyl (C=O) groups excluding carboxylic acids is 1. The quantitative estimate of drug-likeness (QED) is 0.865. The van der Waals surface area contributed by atoms with Crippen molar-refractivity contribution in [3.8, 4) is 0 Å². The van der Waals surface area contributed by atoms with Crippen molar-refractivity contribution in [2.45, 2.75) is 31.8 Å². The number of carbonyl (C=O) groups is 1. The van der Waals surface area contributed by atoms with Gasteiger partial charge in [-0.3, -0.25) is 4.79 Å². The molecule has 0 radical (unpaired) electrons. The molecule has 1 aromatic heterocycles. The number of nitrogens with zero attached hydrogens (tertiary/aromatic N) is 1. The molecule has 1 atom stereocenters. The van der Waals surface area contributed by atoms with Crippen LogP contribution in [0.15, 0.2) is 16.8 Å². The summed E-state index contributed by atoms with van der Waals surface area (Å²) < 4.78 is 0. The van der Waals surface area contributed by atoms with Crippen LogP contribution in [0.3, 0.4) is 0 Å². The van der Waals surface area contributed by atoms with E-state index in [0.717, 1.165) is 31.5 Å². The molecule has 19 heavy (non-hydrogen) atoms. The van der Waals surface area contributed by atoms with E-state index in [0.29, 0.717) is 13.1 Å². The summed E-state index contributed by atoms with van der Waals surface area (Å²) in [7, 11) is 0. The maximum Gasteiger partial charge on any atom is 0.236 e. The third-order valence-corrected chi connectivity index (χ3v) is 4.20. The summed E-state index contributed by atoms with van der Waals surface area (Å²) >= 11 is 1.57. The third kappa shape index (κ3) is 4.60. The number of aliphatic hydroxyl groups is 1. The second kappa shape index (κ2) is 7.62. The van der Waals surface area contributed by atoms with Gasteiger partial charge in [0, 0.05) is 19.6 Å². The minimum atomic E-state index is -0.525. The van der Waals surface area contributed by atoms with Gasteiger partial charge < -0.3 is 15.3 Å². The second-order valence-corrected chi connectivity index (χ2v) is 5.78. The van der Waals surface area contributed by atoms with E-state index in [1.807, 2.05) is 21.7 Å². The van der Waals surface area contributed by atoms with Crippen molar-refractivity contribution in [1.82, 2.24) is 10.2 Å². The largest absolute Gasteiger partial charge is 0.387 e. The zero-order valence-electron chi connectivity index (χ0n) is 11.2. The minimum absolute atomic E-state index is 0.152. The molecule has 1 saturated heterocycles. The van der Waals surface area contributed by atoms with Crippen LogP contribution in [0.2, 0.25) is 0 Å². The van der Waals surface area contributed by atoms with E-state index in [9.17, 15) is 9.90 Å². The first-order valence-corrected chi connectivity index (χ1v) is 7.90. The first kappa shape index (κ1) is 14.5. The van der Waals surface area contributed by atoms with Gasteiger partial charge in [0.15, 0.2) is 0 Å². The minimum Gasteiger partial charge on any atom is -0.387 e. The van der Waals surface area contributed by atoms with Crippen LogP contribution in [0.1, 0.15) is 37.4 Å². The molecule has 0 saturated carbocycles. The average Bonchev–Trinajstić information content (AvgIpc) is 2.81. The highest BCUT2D eigenvalue weighted by molar-refractivity contribution is 7.07.